The van der Waals surface area contributed by atoms with Gasteiger partial charge < -0.3 is 19.7 Å². The van der Waals surface area contributed by atoms with Crippen molar-refractivity contribution in [3.8, 4) is 11.5 Å². The monoisotopic (exact) mass is 471 g/mol. The fourth-order valence-electron chi connectivity index (χ4n) is 4.02. The van der Waals surface area contributed by atoms with E-state index in [2.05, 4.69) is 5.32 Å². The molecule has 3 aromatic rings. The lowest BCUT2D eigenvalue weighted by Crippen LogP contribution is -2.45. The maximum Gasteiger partial charge on any atom is 0.299 e. The van der Waals surface area contributed by atoms with E-state index in [4.69, 9.17) is 9.47 Å². The third-order valence-electron chi connectivity index (χ3n) is 5.73. The van der Waals surface area contributed by atoms with Crippen molar-refractivity contribution in [1.82, 2.24) is 4.90 Å². The second kappa shape index (κ2) is 9.30. The third kappa shape index (κ3) is 4.56. The SMILES string of the molecule is O=C(CN(Cc1ccccc1)C(=O)CN1C(=O)C(=O)c2ccccc21)Nc1ccc2c(c1)OCO2. The van der Waals surface area contributed by atoms with Crippen LogP contribution in [0.5, 0.6) is 11.5 Å². The van der Waals surface area contributed by atoms with Crippen LogP contribution in [0, 0.1) is 0 Å². The number of ketones is 1. The summed E-state index contributed by atoms with van der Waals surface area (Å²) in [6.45, 7) is -0.329. The molecule has 2 aliphatic rings. The average molecular weight is 471 g/mol. The Morgan fingerprint density at radius 2 is 1.66 bits per heavy atom. The van der Waals surface area contributed by atoms with E-state index in [1.807, 2.05) is 30.3 Å². The molecule has 9 heteroatoms. The summed E-state index contributed by atoms with van der Waals surface area (Å²) in [4.78, 5) is 53.5. The van der Waals surface area contributed by atoms with Crippen LogP contribution in [0.15, 0.2) is 72.8 Å². The zero-order valence-corrected chi connectivity index (χ0v) is 18.6. The summed E-state index contributed by atoms with van der Waals surface area (Å²) in [7, 11) is 0. The molecular weight excluding hydrogens is 450 g/mol. The van der Waals surface area contributed by atoms with Gasteiger partial charge in [-0.3, -0.25) is 24.1 Å². The molecule has 0 fully saturated rings. The van der Waals surface area contributed by atoms with Crippen molar-refractivity contribution in [2.75, 3.05) is 30.1 Å². The second-order valence-electron chi connectivity index (χ2n) is 8.09. The van der Waals surface area contributed by atoms with Crippen molar-refractivity contribution in [2.24, 2.45) is 0 Å². The summed E-state index contributed by atoms with van der Waals surface area (Å²) in [6.07, 6.45) is 0. The van der Waals surface area contributed by atoms with Gasteiger partial charge in [0.05, 0.1) is 11.3 Å². The molecule has 0 bridgehead atoms. The summed E-state index contributed by atoms with van der Waals surface area (Å²) in [5.41, 5.74) is 1.97. The fourth-order valence-corrected chi connectivity index (χ4v) is 4.02. The molecule has 2 heterocycles. The standard InChI is InChI=1S/C26H21N3O6/c30-23(27-18-10-11-21-22(12-18)35-16-34-21)14-28(13-17-6-2-1-3-7-17)24(31)15-29-20-9-5-4-8-19(20)25(32)26(29)33/h1-12H,13-16H2,(H,27,30). The Morgan fingerprint density at radius 3 is 2.49 bits per heavy atom. The molecule has 3 aromatic carbocycles. The summed E-state index contributed by atoms with van der Waals surface area (Å²) < 4.78 is 10.6. The summed E-state index contributed by atoms with van der Waals surface area (Å²) in [5.74, 6) is -1.18. The van der Waals surface area contributed by atoms with Gasteiger partial charge in [-0.05, 0) is 29.8 Å². The van der Waals surface area contributed by atoms with Crippen LogP contribution in [0.4, 0.5) is 11.4 Å². The third-order valence-corrected chi connectivity index (χ3v) is 5.73. The van der Waals surface area contributed by atoms with Gasteiger partial charge in [-0.25, -0.2) is 0 Å². The molecular formula is C26H21N3O6. The summed E-state index contributed by atoms with van der Waals surface area (Å²) >= 11 is 0. The van der Waals surface area contributed by atoms with Gasteiger partial charge in [0.15, 0.2) is 11.5 Å². The van der Waals surface area contributed by atoms with Crippen LogP contribution in [0.25, 0.3) is 0 Å². The number of nitrogens with zero attached hydrogens (tertiary/aromatic N) is 2. The molecule has 0 unspecified atom stereocenters. The summed E-state index contributed by atoms with van der Waals surface area (Å²) in [6, 6.07) is 20.8. The molecule has 0 aliphatic carbocycles. The Hall–Kier alpha value is -4.66. The van der Waals surface area contributed by atoms with Crippen LogP contribution in [0.2, 0.25) is 0 Å². The first-order chi connectivity index (χ1) is 17.0. The lowest BCUT2D eigenvalue weighted by Gasteiger charge is -2.25. The van der Waals surface area contributed by atoms with Crippen molar-refractivity contribution in [1.29, 1.82) is 0 Å². The zero-order valence-electron chi connectivity index (χ0n) is 18.6. The molecule has 5 rings (SSSR count). The van der Waals surface area contributed by atoms with Crippen molar-refractivity contribution in [3.63, 3.8) is 0 Å². The van der Waals surface area contributed by atoms with E-state index in [1.165, 1.54) is 4.90 Å². The minimum absolute atomic E-state index is 0.118. The first-order valence-electron chi connectivity index (χ1n) is 11.0. The Labute approximate surface area is 200 Å². The number of carbonyl (C=O) groups excluding carboxylic acids is 4. The average Bonchev–Trinajstić information content (AvgIpc) is 3.43. The first-order valence-corrected chi connectivity index (χ1v) is 11.0. The van der Waals surface area contributed by atoms with E-state index in [1.54, 1.807) is 42.5 Å². The van der Waals surface area contributed by atoms with E-state index in [9.17, 15) is 19.2 Å². The molecule has 0 spiro atoms. The smallest absolute Gasteiger partial charge is 0.299 e. The van der Waals surface area contributed by atoms with E-state index in [-0.39, 0.29) is 32.0 Å². The molecule has 0 radical (unpaired) electrons. The molecule has 2 aliphatic heterocycles. The highest BCUT2D eigenvalue weighted by molar-refractivity contribution is 6.52. The van der Waals surface area contributed by atoms with Crippen molar-refractivity contribution >= 4 is 34.9 Å². The number of anilines is 2. The van der Waals surface area contributed by atoms with Gasteiger partial charge >= 0.3 is 0 Å². The van der Waals surface area contributed by atoms with Crippen LogP contribution in [-0.2, 0) is 20.9 Å². The minimum atomic E-state index is -0.760. The van der Waals surface area contributed by atoms with Crippen LogP contribution in [0.1, 0.15) is 15.9 Å². The molecule has 0 aromatic heterocycles. The molecule has 35 heavy (non-hydrogen) atoms. The van der Waals surface area contributed by atoms with E-state index in [0.717, 1.165) is 10.5 Å². The van der Waals surface area contributed by atoms with Gasteiger partial charge in [0.25, 0.3) is 11.7 Å². The highest BCUT2D eigenvalue weighted by Crippen LogP contribution is 2.34. The van der Waals surface area contributed by atoms with E-state index < -0.39 is 23.5 Å². The zero-order chi connectivity index (χ0) is 24.4. The predicted molar refractivity (Wildman–Crippen MR) is 126 cm³/mol. The Balaban J connectivity index is 1.33. The number of fused-ring (bicyclic) bond motifs is 2. The molecule has 1 N–H and O–H groups in total. The number of carbonyl (C=O) groups is 4. The van der Waals surface area contributed by atoms with Crippen LogP contribution < -0.4 is 19.7 Å². The van der Waals surface area contributed by atoms with Crippen LogP contribution >= 0.6 is 0 Å². The fraction of sp³-hybridized carbons (Fsp3) is 0.154. The number of ether oxygens (including phenoxy) is 2. The highest BCUT2D eigenvalue weighted by Gasteiger charge is 2.37. The minimum Gasteiger partial charge on any atom is -0.454 e. The van der Waals surface area contributed by atoms with Gasteiger partial charge in [-0.2, -0.15) is 0 Å². The van der Waals surface area contributed by atoms with Crippen LogP contribution in [0.3, 0.4) is 0 Å². The highest BCUT2D eigenvalue weighted by atomic mass is 16.7. The number of hydrogen-bond donors (Lipinski definition) is 1. The van der Waals surface area contributed by atoms with Gasteiger partial charge in [0.1, 0.15) is 13.1 Å². The van der Waals surface area contributed by atoms with Gasteiger partial charge in [0, 0.05) is 18.3 Å². The number of para-hydroxylation sites is 1. The molecule has 0 saturated carbocycles. The number of rotatable bonds is 7. The number of Topliss-reactive ketones (excluding diaryl/α,β-unsaturated/α-hetero) is 1. The lowest BCUT2D eigenvalue weighted by atomic mass is 10.1. The molecule has 0 atom stereocenters. The van der Waals surface area contributed by atoms with Gasteiger partial charge in [-0.1, -0.05) is 42.5 Å². The Kier molecular flexibility index (Phi) is 5.88. The van der Waals surface area contributed by atoms with Gasteiger partial charge in [-0.15, -0.1) is 0 Å². The number of amides is 3. The largest absolute Gasteiger partial charge is 0.454 e. The maximum absolute atomic E-state index is 13.3. The molecule has 3 amide bonds. The van der Waals surface area contributed by atoms with E-state index in [0.29, 0.717) is 22.9 Å². The quantitative estimate of drug-likeness (QED) is 0.531. The normalized spacial score (nSPS) is 13.5. The van der Waals surface area contributed by atoms with E-state index >= 15 is 0 Å². The van der Waals surface area contributed by atoms with Crippen molar-refractivity contribution < 1.29 is 28.7 Å². The molecule has 9 nitrogen and oxygen atoms in total. The molecule has 0 saturated heterocycles. The number of hydrogen-bond acceptors (Lipinski definition) is 6. The topological polar surface area (TPSA) is 105 Å². The second-order valence-corrected chi connectivity index (χ2v) is 8.09. The van der Waals surface area contributed by atoms with Gasteiger partial charge in [0.2, 0.25) is 18.6 Å². The van der Waals surface area contributed by atoms with Crippen LogP contribution in [-0.4, -0.2) is 48.3 Å². The first kappa shape index (κ1) is 22.1. The lowest BCUT2D eigenvalue weighted by molar-refractivity contribution is -0.134. The Morgan fingerprint density at radius 1 is 0.914 bits per heavy atom. The van der Waals surface area contributed by atoms with Crippen molar-refractivity contribution in [3.05, 3.63) is 83.9 Å². The predicted octanol–water partition coefficient (Wildman–Crippen LogP) is 2.61. The maximum atomic E-state index is 13.3. The van der Waals surface area contributed by atoms with Crippen molar-refractivity contribution in [2.45, 2.75) is 6.54 Å². The Bertz CT molecular complexity index is 1320. The molecule has 176 valence electrons. The number of nitrogens with one attached hydrogen (secondary N) is 1. The number of benzene rings is 3. The summed E-state index contributed by atoms with van der Waals surface area (Å²) in [5, 5.41) is 2.76.